The van der Waals surface area contributed by atoms with Crippen LogP contribution >= 0.6 is 0 Å². The number of methoxy groups -OCH3 is 2. The van der Waals surface area contributed by atoms with Gasteiger partial charge in [-0.2, -0.15) is 0 Å². The van der Waals surface area contributed by atoms with Crippen LogP contribution in [-0.2, 0) is 6.54 Å². The Morgan fingerprint density at radius 3 is 2.17 bits per heavy atom. The third-order valence-corrected chi connectivity index (χ3v) is 6.30. The standard InChI is InChI=1S/C28H23N5O3/c1-17-8-10-18(11-9-17)15-32-16-29-26-24(28(32)34)25-27(31-23-7-5-4-6-22(23)30-25)33(26)19-12-20(35-2)14-21(13-19)36-3/h4-14,16H,15H2,1-3H3. The van der Waals surface area contributed by atoms with Crippen LogP contribution in [-0.4, -0.2) is 38.3 Å². The SMILES string of the molecule is COc1cc(OC)cc(-n2c3nc4ccccc4nc3c3c(=O)n(Cc4ccc(C)cc4)cnc32)c1. The minimum Gasteiger partial charge on any atom is -0.497 e. The summed E-state index contributed by atoms with van der Waals surface area (Å²) in [6.07, 6.45) is 1.58. The summed E-state index contributed by atoms with van der Waals surface area (Å²) >= 11 is 0. The summed E-state index contributed by atoms with van der Waals surface area (Å²) in [4.78, 5) is 28.3. The van der Waals surface area contributed by atoms with E-state index in [0.29, 0.717) is 51.4 Å². The maximum atomic E-state index is 13.8. The van der Waals surface area contributed by atoms with E-state index in [1.54, 1.807) is 31.2 Å². The molecule has 0 atom stereocenters. The lowest BCUT2D eigenvalue weighted by atomic mass is 10.1. The molecular formula is C28H23N5O3. The lowest BCUT2D eigenvalue weighted by Crippen LogP contribution is -2.21. The lowest BCUT2D eigenvalue weighted by Gasteiger charge is -2.11. The zero-order valence-corrected chi connectivity index (χ0v) is 20.1. The van der Waals surface area contributed by atoms with E-state index >= 15 is 0 Å². The molecule has 3 aromatic heterocycles. The Morgan fingerprint density at radius 2 is 1.50 bits per heavy atom. The van der Waals surface area contributed by atoms with E-state index in [1.165, 1.54) is 5.56 Å². The van der Waals surface area contributed by atoms with E-state index in [9.17, 15) is 4.79 Å². The van der Waals surface area contributed by atoms with Crippen LogP contribution in [0.15, 0.2) is 77.9 Å². The summed E-state index contributed by atoms with van der Waals surface area (Å²) in [6, 6.07) is 21.2. The van der Waals surface area contributed by atoms with Crippen molar-refractivity contribution in [2.45, 2.75) is 13.5 Å². The number of rotatable bonds is 5. The fourth-order valence-corrected chi connectivity index (χ4v) is 4.44. The number of ether oxygens (including phenoxy) is 2. The van der Waals surface area contributed by atoms with E-state index in [-0.39, 0.29) is 5.56 Å². The van der Waals surface area contributed by atoms with Gasteiger partial charge in [0.05, 0.1) is 37.5 Å². The Balaban J connectivity index is 1.67. The summed E-state index contributed by atoms with van der Waals surface area (Å²) < 4.78 is 14.4. The third-order valence-electron chi connectivity index (χ3n) is 6.30. The predicted molar refractivity (Wildman–Crippen MR) is 139 cm³/mol. The van der Waals surface area contributed by atoms with Gasteiger partial charge >= 0.3 is 0 Å². The van der Waals surface area contributed by atoms with Crippen molar-refractivity contribution in [3.8, 4) is 17.2 Å². The fourth-order valence-electron chi connectivity index (χ4n) is 4.44. The fraction of sp³-hybridized carbons (Fsp3) is 0.143. The first-order valence-corrected chi connectivity index (χ1v) is 11.5. The molecule has 0 aliphatic heterocycles. The molecule has 0 fully saturated rings. The summed E-state index contributed by atoms with van der Waals surface area (Å²) in [5.74, 6) is 1.22. The second kappa shape index (κ2) is 8.49. The van der Waals surface area contributed by atoms with Gasteiger partial charge in [0.2, 0.25) is 0 Å². The number of benzene rings is 3. The molecule has 8 heteroatoms. The van der Waals surface area contributed by atoms with Gasteiger partial charge in [-0.25, -0.2) is 15.0 Å². The summed E-state index contributed by atoms with van der Waals surface area (Å²) in [5, 5.41) is 0.416. The number of nitrogens with zero attached hydrogens (tertiary/aromatic N) is 5. The van der Waals surface area contributed by atoms with E-state index in [1.807, 2.05) is 72.2 Å². The maximum Gasteiger partial charge on any atom is 0.265 e. The van der Waals surface area contributed by atoms with Crippen molar-refractivity contribution in [2.24, 2.45) is 0 Å². The molecule has 0 amide bonds. The Morgan fingerprint density at radius 1 is 0.833 bits per heavy atom. The molecule has 0 radical (unpaired) electrons. The molecule has 6 rings (SSSR count). The van der Waals surface area contributed by atoms with Crippen LogP contribution in [0.4, 0.5) is 0 Å². The van der Waals surface area contributed by atoms with Crippen LogP contribution in [0, 0.1) is 6.92 Å². The highest BCUT2D eigenvalue weighted by Gasteiger charge is 2.21. The summed E-state index contributed by atoms with van der Waals surface area (Å²) in [5.41, 5.74) is 5.66. The van der Waals surface area contributed by atoms with E-state index in [2.05, 4.69) is 0 Å². The zero-order chi connectivity index (χ0) is 24.8. The van der Waals surface area contributed by atoms with Crippen LogP contribution < -0.4 is 15.0 Å². The van der Waals surface area contributed by atoms with Crippen molar-refractivity contribution < 1.29 is 9.47 Å². The molecule has 3 heterocycles. The first-order chi connectivity index (χ1) is 17.6. The molecule has 0 saturated carbocycles. The van der Waals surface area contributed by atoms with Crippen molar-refractivity contribution in [3.63, 3.8) is 0 Å². The van der Waals surface area contributed by atoms with Gasteiger partial charge in [0.1, 0.15) is 28.7 Å². The number of aryl methyl sites for hydroxylation is 1. The van der Waals surface area contributed by atoms with Crippen molar-refractivity contribution in [1.29, 1.82) is 0 Å². The summed E-state index contributed by atoms with van der Waals surface area (Å²) in [6.45, 7) is 2.44. The molecule has 3 aromatic carbocycles. The van der Waals surface area contributed by atoms with Crippen molar-refractivity contribution in [3.05, 3.63) is 94.5 Å². The van der Waals surface area contributed by atoms with Crippen LogP contribution in [0.5, 0.6) is 11.5 Å². The van der Waals surface area contributed by atoms with Gasteiger partial charge < -0.3 is 9.47 Å². The molecule has 0 spiro atoms. The van der Waals surface area contributed by atoms with Gasteiger partial charge in [-0.15, -0.1) is 0 Å². The van der Waals surface area contributed by atoms with Crippen LogP contribution in [0.25, 0.3) is 38.9 Å². The third kappa shape index (κ3) is 3.54. The van der Waals surface area contributed by atoms with Gasteiger partial charge in [0, 0.05) is 18.2 Å². The van der Waals surface area contributed by atoms with Gasteiger partial charge in [-0.05, 0) is 24.6 Å². The van der Waals surface area contributed by atoms with Gasteiger partial charge in [0.25, 0.3) is 5.56 Å². The molecule has 8 nitrogen and oxygen atoms in total. The first kappa shape index (κ1) is 21.8. The van der Waals surface area contributed by atoms with E-state index in [4.69, 9.17) is 24.4 Å². The second-order valence-electron chi connectivity index (χ2n) is 8.65. The molecule has 36 heavy (non-hydrogen) atoms. The van der Waals surface area contributed by atoms with Crippen molar-refractivity contribution in [1.82, 2.24) is 24.1 Å². The van der Waals surface area contributed by atoms with E-state index < -0.39 is 0 Å². The molecule has 0 bridgehead atoms. The maximum absolute atomic E-state index is 13.8. The first-order valence-electron chi connectivity index (χ1n) is 11.5. The second-order valence-corrected chi connectivity index (χ2v) is 8.65. The lowest BCUT2D eigenvalue weighted by molar-refractivity contribution is 0.394. The highest BCUT2D eigenvalue weighted by Crippen LogP contribution is 2.32. The number of hydrogen-bond donors (Lipinski definition) is 0. The smallest absolute Gasteiger partial charge is 0.265 e. The quantitative estimate of drug-likeness (QED) is 0.359. The molecule has 6 aromatic rings. The van der Waals surface area contributed by atoms with E-state index in [0.717, 1.165) is 11.1 Å². The molecule has 0 saturated heterocycles. The Kier molecular flexibility index (Phi) is 5.14. The Hall–Kier alpha value is -4.72. The summed E-state index contributed by atoms with van der Waals surface area (Å²) in [7, 11) is 3.19. The van der Waals surface area contributed by atoms with Crippen LogP contribution in [0.1, 0.15) is 11.1 Å². The van der Waals surface area contributed by atoms with Crippen molar-refractivity contribution in [2.75, 3.05) is 14.2 Å². The Labute approximate surface area is 206 Å². The zero-order valence-electron chi connectivity index (χ0n) is 20.1. The van der Waals surface area contributed by atoms with Gasteiger partial charge in [-0.1, -0.05) is 42.0 Å². The van der Waals surface area contributed by atoms with Crippen molar-refractivity contribution >= 4 is 33.2 Å². The molecule has 0 unspecified atom stereocenters. The average molecular weight is 478 g/mol. The molecule has 0 aliphatic carbocycles. The van der Waals surface area contributed by atoms with Gasteiger partial charge in [-0.3, -0.25) is 13.9 Å². The number of aromatic nitrogens is 5. The molecule has 178 valence electrons. The molecule has 0 aliphatic rings. The minimum atomic E-state index is -0.177. The molecule has 0 N–H and O–H groups in total. The monoisotopic (exact) mass is 477 g/mol. The number of fused-ring (bicyclic) bond motifs is 4. The average Bonchev–Trinajstić information content (AvgIpc) is 3.23. The highest BCUT2D eigenvalue weighted by atomic mass is 16.5. The van der Waals surface area contributed by atoms with Crippen LogP contribution in [0.2, 0.25) is 0 Å². The Bertz CT molecular complexity index is 1800. The topological polar surface area (TPSA) is 84.1 Å². The number of hydrogen-bond acceptors (Lipinski definition) is 6. The minimum absolute atomic E-state index is 0.177. The van der Waals surface area contributed by atoms with Crippen LogP contribution in [0.3, 0.4) is 0 Å². The largest absolute Gasteiger partial charge is 0.497 e. The van der Waals surface area contributed by atoms with Gasteiger partial charge in [0.15, 0.2) is 11.3 Å². The predicted octanol–water partition coefficient (Wildman–Crippen LogP) is 4.66. The highest BCUT2D eigenvalue weighted by molar-refractivity contribution is 6.05. The normalized spacial score (nSPS) is 11.4. The number of para-hydroxylation sites is 2. The molecular weight excluding hydrogens is 454 g/mol.